The number of aliphatic carboxylic acids is 1. The lowest BCUT2D eigenvalue weighted by molar-refractivity contribution is -0.137. The number of rotatable bonds is 7. The van der Waals surface area contributed by atoms with Gasteiger partial charge in [0, 0.05) is 24.4 Å². The summed E-state index contributed by atoms with van der Waals surface area (Å²) in [6.45, 7) is 0. The smallest absolute Gasteiger partial charge is 0.305 e. The fourth-order valence-corrected chi connectivity index (χ4v) is 4.76. The molecule has 0 saturated carbocycles. The molecule has 4 rings (SSSR count). The number of carbonyl (C=O) groups is 3. The molecule has 172 valence electrons. The normalized spacial score (nSPS) is 15.9. The number of allylic oxidation sites excluding steroid dienone is 2. The predicted molar refractivity (Wildman–Crippen MR) is 120 cm³/mol. The van der Waals surface area contributed by atoms with Crippen molar-refractivity contribution in [1.82, 2.24) is 10.3 Å². The maximum atomic E-state index is 13.4. The molecule has 0 spiro atoms. The second kappa shape index (κ2) is 9.44. The predicted octanol–water partition coefficient (Wildman–Crippen LogP) is 3.50. The summed E-state index contributed by atoms with van der Waals surface area (Å²) in [4.78, 5) is 41.5. The van der Waals surface area contributed by atoms with Gasteiger partial charge in [0.15, 0.2) is 17.3 Å². The number of nitrogens with zero attached hydrogens (tertiary/aromatic N) is 1. The molecule has 0 saturated heterocycles. The van der Waals surface area contributed by atoms with E-state index in [1.54, 1.807) is 24.4 Å². The Kier molecular flexibility index (Phi) is 6.44. The highest BCUT2D eigenvalue weighted by Gasteiger charge is 2.33. The van der Waals surface area contributed by atoms with Crippen LogP contribution >= 0.6 is 0 Å². The average Bonchev–Trinajstić information content (AvgIpc) is 3.26. The van der Waals surface area contributed by atoms with Crippen LogP contribution in [0.15, 0.2) is 36.2 Å². The fourth-order valence-electron chi connectivity index (χ4n) is 4.76. The van der Waals surface area contributed by atoms with Crippen LogP contribution in [-0.4, -0.2) is 42.0 Å². The number of benzene rings is 1. The third-order valence-electron chi connectivity index (χ3n) is 6.22. The minimum atomic E-state index is -1.05. The van der Waals surface area contributed by atoms with E-state index in [1.165, 1.54) is 20.4 Å². The average molecular weight is 450 g/mol. The van der Waals surface area contributed by atoms with E-state index < -0.39 is 17.9 Å². The number of carboxylic acid groups (broad SMARTS) is 1. The first kappa shape index (κ1) is 22.5. The molecule has 2 aliphatic carbocycles. The Balaban J connectivity index is 1.78. The third kappa shape index (κ3) is 4.33. The number of amides is 1. The highest BCUT2D eigenvalue weighted by molar-refractivity contribution is 6.07. The van der Waals surface area contributed by atoms with Crippen LogP contribution in [0.25, 0.3) is 5.57 Å². The Bertz CT molecular complexity index is 1140. The number of Topliss-reactive ketones (excluding diaryl/α,β-unsaturated/α-hetero) is 1. The molecule has 0 aliphatic heterocycles. The number of nitrogens with one attached hydrogen (secondary N) is 1. The number of carbonyl (C=O) groups excluding carboxylic acids is 2. The van der Waals surface area contributed by atoms with E-state index in [-0.39, 0.29) is 23.5 Å². The second-order valence-corrected chi connectivity index (χ2v) is 8.17. The number of carboxylic acids is 1. The summed E-state index contributed by atoms with van der Waals surface area (Å²) in [5.74, 6) is -0.694. The molecule has 0 radical (unpaired) electrons. The lowest BCUT2D eigenvalue weighted by atomic mass is 9.92. The van der Waals surface area contributed by atoms with Gasteiger partial charge in [-0.15, -0.1) is 0 Å². The van der Waals surface area contributed by atoms with Crippen molar-refractivity contribution < 1.29 is 29.0 Å². The van der Waals surface area contributed by atoms with E-state index in [1.807, 2.05) is 0 Å². The van der Waals surface area contributed by atoms with Crippen LogP contribution in [0.2, 0.25) is 0 Å². The van der Waals surface area contributed by atoms with E-state index in [0.29, 0.717) is 24.2 Å². The van der Waals surface area contributed by atoms with Crippen molar-refractivity contribution in [3.8, 4) is 11.5 Å². The summed E-state index contributed by atoms with van der Waals surface area (Å²) in [7, 11) is 2.98. The van der Waals surface area contributed by atoms with Crippen LogP contribution in [0, 0.1) is 0 Å². The molecule has 8 nitrogen and oxygen atoms in total. The Morgan fingerprint density at radius 2 is 1.88 bits per heavy atom. The number of hydrogen-bond donors (Lipinski definition) is 2. The first-order valence-corrected chi connectivity index (χ1v) is 10.9. The van der Waals surface area contributed by atoms with Gasteiger partial charge in [-0.05, 0) is 60.1 Å². The Morgan fingerprint density at radius 3 is 2.55 bits per heavy atom. The van der Waals surface area contributed by atoms with Crippen LogP contribution in [0.3, 0.4) is 0 Å². The SMILES string of the molecule is COc1c(C(=O)NC(CC(=O)O)c2cccnc2)cc2c(c1OC)C1=C(CCC1)C(=O)CC2. The highest BCUT2D eigenvalue weighted by atomic mass is 16.5. The zero-order valence-electron chi connectivity index (χ0n) is 18.6. The molecule has 2 aromatic rings. The lowest BCUT2D eigenvalue weighted by Gasteiger charge is -2.22. The first-order chi connectivity index (χ1) is 15.9. The summed E-state index contributed by atoms with van der Waals surface area (Å²) in [6, 6.07) is 4.38. The molecular weight excluding hydrogens is 424 g/mol. The van der Waals surface area contributed by atoms with Crippen LogP contribution in [-0.2, 0) is 16.0 Å². The number of pyridine rings is 1. The van der Waals surface area contributed by atoms with Gasteiger partial charge >= 0.3 is 5.97 Å². The van der Waals surface area contributed by atoms with Gasteiger partial charge in [-0.1, -0.05) is 6.07 Å². The monoisotopic (exact) mass is 450 g/mol. The van der Waals surface area contributed by atoms with Gasteiger partial charge in [0.05, 0.1) is 32.2 Å². The van der Waals surface area contributed by atoms with Crippen LogP contribution in [0.5, 0.6) is 11.5 Å². The fraction of sp³-hybridized carbons (Fsp3) is 0.360. The molecule has 2 N–H and O–H groups in total. The van der Waals surface area contributed by atoms with Crippen molar-refractivity contribution in [3.05, 3.63) is 58.4 Å². The number of aromatic nitrogens is 1. The minimum Gasteiger partial charge on any atom is -0.492 e. The van der Waals surface area contributed by atoms with E-state index in [2.05, 4.69) is 10.3 Å². The number of fused-ring (bicyclic) bond motifs is 2. The Hall–Kier alpha value is -3.68. The molecule has 1 unspecified atom stereocenters. The minimum absolute atomic E-state index is 0.142. The standard InChI is InChI=1S/C25H26N2O6/c1-32-23-18(25(31)27-19(12-21(29)30)15-5-4-10-26-13-15)11-14-8-9-20(28)16-6-3-7-17(16)22(14)24(23)33-2/h4-5,10-11,13,19H,3,6-9,12H2,1-2H3,(H,27,31)(H,29,30). The molecule has 1 heterocycles. The third-order valence-corrected chi connectivity index (χ3v) is 6.22. The number of ether oxygens (including phenoxy) is 2. The number of ketones is 1. The van der Waals surface area contributed by atoms with Crippen molar-refractivity contribution in [2.45, 2.75) is 44.6 Å². The van der Waals surface area contributed by atoms with Crippen LogP contribution in [0.4, 0.5) is 0 Å². The van der Waals surface area contributed by atoms with Crippen molar-refractivity contribution in [3.63, 3.8) is 0 Å². The number of aryl methyl sites for hydroxylation is 1. The summed E-state index contributed by atoms with van der Waals surface area (Å²) >= 11 is 0. The molecule has 33 heavy (non-hydrogen) atoms. The van der Waals surface area contributed by atoms with E-state index >= 15 is 0 Å². The van der Waals surface area contributed by atoms with Crippen molar-refractivity contribution in [2.24, 2.45) is 0 Å². The van der Waals surface area contributed by atoms with Gasteiger partial charge in [-0.25, -0.2) is 0 Å². The zero-order chi connectivity index (χ0) is 23.5. The molecule has 1 amide bonds. The molecule has 2 aliphatic rings. The molecule has 0 fully saturated rings. The first-order valence-electron chi connectivity index (χ1n) is 10.9. The summed E-state index contributed by atoms with van der Waals surface area (Å²) < 4.78 is 11.3. The van der Waals surface area contributed by atoms with Crippen LogP contribution in [0.1, 0.15) is 65.2 Å². The van der Waals surface area contributed by atoms with Gasteiger partial charge in [0.2, 0.25) is 0 Å². The quantitative estimate of drug-likeness (QED) is 0.663. The summed E-state index contributed by atoms with van der Waals surface area (Å²) in [5.41, 5.74) is 4.35. The maximum absolute atomic E-state index is 13.4. The Morgan fingerprint density at radius 1 is 1.12 bits per heavy atom. The van der Waals surface area contributed by atoms with Crippen molar-refractivity contribution >= 4 is 23.2 Å². The highest BCUT2D eigenvalue weighted by Crippen LogP contribution is 2.48. The van der Waals surface area contributed by atoms with Crippen molar-refractivity contribution in [1.29, 1.82) is 0 Å². The van der Waals surface area contributed by atoms with Gasteiger partial charge in [0.1, 0.15) is 0 Å². The Labute approximate surface area is 191 Å². The summed E-state index contributed by atoms with van der Waals surface area (Å²) in [5, 5.41) is 12.2. The topological polar surface area (TPSA) is 115 Å². The second-order valence-electron chi connectivity index (χ2n) is 8.17. The van der Waals surface area contributed by atoms with Gasteiger partial charge in [0.25, 0.3) is 5.91 Å². The van der Waals surface area contributed by atoms with Gasteiger partial charge in [-0.3, -0.25) is 19.4 Å². The lowest BCUT2D eigenvalue weighted by Crippen LogP contribution is -2.31. The molecular formula is C25H26N2O6. The molecule has 0 bridgehead atoms. The summed E-state index contributed by atoms with van der Waals surface area (Å²) in [6.07, 6.45) is 6.12. The number of hydrogen-bond acceptors (Lipinski definition) is 6. The maximum Gasteiger partial charge on any atom is 0.305 e. The molecule has 1 atom stereocenters. The van der Waals surface area contributed by atoms with E-state index in [4.69, 9.17) is 9.47 Å². The van der Waals surface area contributed by atoms with Crippen molar-refractivity contribution in [2.75, 3.05) is 14.2 Å². The molecule has 1 aromatic heterocycles. The largest absolute Gasteiger partial charge is 0.492 e. The zero-order valence-corrected chi connectivity index (χ0v) is 18.6. The molecule has 8 heteroatoms. The number of methoxy groups -OCH3 is 2. The molecule has 1 aromatic carbocycles. The van der Waals surface area contributed by atoms with Crippen LogP contribution < -0.4 is 14.8 Å². The van der Waals surface area contributed by atoms with E-state index in [0.717, 1.165) is 41.5 Å². The van der Waals surface area contributed by atoms with Gasteiger partial charge < -0.3 is 19.9 Å². The van der Waals surface area contributed by atoms with E-state index in [9.17, 15) is 19.5 Å². The van der Waals surface area contributed by atoms with Gasteiger partial charge in [-0.2, -0.15) is 0 Å².